The van der Waals surface area contributed by atoms with Gasteiger partial charge in [0.2, 0.25) is 5.91 Å². The van der Waals surface area contributed by atoms with E-state index in [4.69, 9.17) is 0 Å². The summed E-state index contributed by atoms with van der Waals surface area (Å²) >= 11 is 0. The van der Waals surface area contributed by atoms with E-state index >= 15 is 0 Å². The van der Waals surface area contributed by atoms with Gasteiger partial charge >= 0.3 is 0 Å². The molecule has 0 atom stereocenters. The Hall–Kier alpha value is -1.42. The number of rotatable bonds is 2. The molecule has 86 valence electrons. The maximum atomic E-state index is 10.9. The molecule has 1 saturated heterocycles. The van der Waals surface area contributed by atoms with Crippen molar-refractivity contribution in [2.75, 3.05) is 18.4 Å². The number of pyridine rings is 1. The van der Waals surface area contributed by atoms with Crippen molar-refractivity contribution in [3.63, 3.8) is 0 Å². The van der Waals surface area contributed by atoms with Gasteiger partial charge in [-0.05, 0) is 49.5 Å². The van der Waals surface area contributed by atoms with Crippen molar-refractivity contribution in [1.82, 2.24) is 10.3 Å². The molecule has 0 saturated carbocycles. The zero-order valence-electron chi connectivity index (χ0n) is 9.49. The normalized spacial score (nSPS) is 17.1. The number of nitrogens with one attached hydrogen (secondary N) is 2. The summed E-state index contributed by atoms with van der Waals surface area (Å²) in [4.78, 5) is 15.1. The van der Waals surface area contributed by atoms with Crippen LogP contribution in [0.5, 0.6) is 0 Å². The van der Waals surface area contributed by atoms with Crippen LogP contribution < -0.4 is 10.6 Å². The van der Waals surface area contributed by atoms with Gasteiger partial charge in [-0.3, -0.25) is 4.79 Å². The summed E-state index contributed by atoms with van der Waals surface area (Å²) in [7, 11) is 0. The van der Waals surface area contributed by atoms with Gasteiger partial charge in [0.1, 0.15) is 5.82 Å². The lowest BCUT2D eigenvalue weighted by molar-refractivity contribution is -0.114. The molecular weight excluding hydrogens is 202 g/mol. The van der Waals surface area contributed by atoms with Gasteiger partial charge in [0, 0.05) is 13.1 Å². The van der Waals surface area contributed by atoms with Crippen LogP contribution in [0.2, 0.25) is 0 Å². The second-order valence-corrected chi connectivity index (χ2v) is 4.18. The molecule has 2 rings (SSSR count). The van der Waals surface area contributed by atoms with Gasteiger partial charge in [-0.25, -0.2) is 4.98 Å². The van der Waals surface area contributed by atoms with E-state index in [0.717, 1.165) is 25.9 Å². The van der Waals surface area contributed by atoms with Crippen LogP contribution in [0, 0.1) is 0 Å². The summed E-state index contributed by atoms with van der Waals surface area (Å²) in [6, 6.07) is 4.03. The van der Waals surface area contributed by atoms with E-state index in [1.165, 1.54) is 12.5 Å². The summed E-state index contributed by atoms with van der Waals surface area (Å²) in [5, 5.41) is 6.06. The molecule has 1 amide bonds. The quantitative estimate of drug-likeness (QED) is 0.792. The number of hydrogen-bond donors (Lipinski definition) is 2. The Kier molecular flexibility index (Phi) is 3.51. The van der Waals surface area contributed by atoms with E-state index in [9.17, 15) is 4.79 Å². The summed E-state index contributed by atoms with van der Waals surface area (Å²) in [5.41, 5.74) is 1.28. The van der Waals surface area contributed by atoms with Crippen LogP contribution in [-0.2, 0) is 4.79 Å². The first-order valence-electron chi connectivity index (χ1n) is 5.70. The minimum absolute atomic E-state index is 0.0741. The molecule has 1 aromatic heterocycles. The topological polar surface area (TPSA) is 54.0 Å². The molecule has 1 fully saturated rings. The first-order valence-corrected chi connectivity index (χ1v) is 5.70. The number of nitrogens with zero attached hydrogens (tertiary/aromatic N) is 1. The minimum Gasteiger partial charge on any atom is -0.317 e. The maximum absolute atomic E-state index is 10.9. The van der Waals surface area contributed by atoms with E-state index in [2.05, 4.69) is 15.6 Å². The number of anilines is 1. The molecule has 4 nitrogen and oxygen atoms in total. The molecule has 0 radical (unpaired) electrons. The highest BCUT2D eigenvalue weighted by molar-refractivity contribution is 5.87. The van der Waals surface area contributed by atoms with Gasteiger partial charge in [-0.15, -0.1) is 0 Å². The van der Waals surface area contributed by atoms with Gasteiger partial charge in [-0.1, -0.05) is 0 Å². The average Bonchev–Trinajstić information content (AvgIpc) is 2.30. The van der Waals surface area contributed by atoms with E-state index < -0.39 is 0 Å². The van der Waals surface area contributed by atoms with Crippen LogP contribution in [0.15, 0.2) is 18.3 Å². The largest absolute Gasteiger partial charge is 0.317 e. The van der Waals surface area contributed by atoms with Crippen molar-refractivity contribution in [3.8, 4) is 0 Å². The summed E-state index contributed by atoms with van der Waals surface area (Å²) < 4.78 is 0. The highest BCUT2D eigenvalue weighted by atomic mass is 16.1. The molecule has 0 aromatic carbocycles. The molecule has 1 aromatic rings. The van der Waals surface area contributed by atoms with E-state index in [1.54, 1.807) is 6.20 Å². The number of hydrogen-bond acceptors (Lipinski definition) is 3. The van der Waals surface area contributed by atoms with E-state index in [0.29, 0.717) is 11.7 Å². The lowest BCUT2D eigenvalue weighted by Crippen LogP contribution is -2.26. The fourth-order valence-electron chi connectivity index (χ4n) is 2.10. The zero-order chi connectivity index (χ0) is 11.4. The summed E-state index contributed by atoms with van der Waals surface area (Å²) in [5.74, 6) is 1.18. The third-order valence-corrected chi connectivity index (χ3v) is 2.90. The maximum Gasteiger partial charge on any atom is 0.222 e. The lowest BCUT2D eigenvalue weighted by atomic mass is 9.91. The van der Waals surface area contributed by atoms with Gasteiger partial charge in [0.05, 0.1) is 0 Å². The van der Waals surface area contributed by atoms with Gasteiger partial charge in [-0.2, -0.15) is 0 Å². The second-order valence-electron chi connectivity index (χ2n) is 4.18. The Balaban J connectivity index is 2.11. The van der Waals surface area contributed by atoms with Crippen LogP contribution in [-0.4, -0.2) is 24.0 Å². The number of aromatic nitrogens is 1. The predicted molar refractivity (Wildman–Crippen MR) is 63.4 cm³/mol. The SMILES string of the molecule is CC(=O)Nc1cc(C2CCNCC2)ccn1. The number of amides is 1. The molecule has 1 aliphatic rings. The minimum atomic E-state index is -0.0741. The highest BCUT2D eigenvalue weighted by Crippen LogP contribution is 2.25. The van der Waals surface area contributed by atoms with Crippen LogP contribution in [0.1, 0.15) is 31.2 Å². The third-order valence-electron chi connectivity index (χ3n) is 2.90. The monoisotopic (exact) mass is 219 g/mol. The lowest BCUT2D eigenvalue weighted by Gasteiger charge is -2.23. The van der Waals surface area contributed by atoms with Crippen LogP contribution in [0.25, 0.3) is 0 Å². The van der Waals surface area contributed by atoms with Crippen molar-refractivity contribution in [2.45, 2.75) is 25.7 Å². The molecule has 1 aliphatic heterocycles. The standard InChI is InChI=1S/C12H17N3O/c1-9(16)15-12-8-11(4-7-14-12)10-2-5-13-6-3-10/h4,7-8,10,13H,2-3,5-6H2,1H3,(H,14,15,16). The molecule has 2 N–H and O–H groups in total. The summed E-state index contributed by atoms with van der Waals surface area (Å²) in [6.45, 7) is 3.64. The van der Waals surface area contributed by atoms with Crippen molar-refractivity contribution >= 4 is 11.7 Å². The van der Waals surface area contributed by atoms with Crippen molar-refractivity contribution in [1.29, 1.82) is 0 Å². The fourth-order valence-corrected chi connectivity index (χ4v) is 2.10. The Morgan fingerprint density at radius 1 is 1.50 bits per heavy atom. The van der Waals surface area contributed by atoms with Gasteiger partial charge in [0.15, 0.2) is 0 Å². The Morgan fingerprint density at radius 2 is 2.25 bits per heavy atom. The molecular formula is C12H17N3O. The molecule has 0 unspecified atom stereocenters. The van der Waals surface area contributed by atoms with Crippen LogP contribution >= 0.6 is 0 Å². The zero-order valence-corrected chi connectivity index (χ0v) is 9.49. The van der Waals surface area contributed by atoms with Crippen LogP contribution in [0.3, 0.4) is 0 Å². The molecule has 0 bridgehead atoms. The third kappa shape index (κ3) is 2.79. The first-order chi connectivity index (χ1) is 7.75. The second kappa shape index (κ2) is 5.07. The van der Waals surface area contributed by atoms with Gasteiger partial charge < -0.3 is 10.6 Å². The number of carbonyl (C=O) groups excluding carboxylic acids is 1. The van der Waals surface area contributed by atoms with Crippen molar-refractivity contribution in [3.05, 3.63) is 23.9 Å². The molecule has 4 heteroatoms. The average molecular weight is 219 g/mol. The van der Waals surface area contributed by atoms with Gasteiger partial charge in [0.25, 0.3) is 0 Å². The molecule has 2 heterocycles. The Labute approximate surface area is 95.5 Å². The van der Waals surface area contributed by atoms with Crippen LogP contribution in [0.4, 0.5) is 5.82 Å². The predicted octanol–water partition coefficient (Wildman–Crippen LogP) is 1.51. The van der Waals surface area contributed by atoms with E-state index in [-0.39, 0.29) is 5.91 Å². The number of carbonyl (C=O) groups is 1. The number of piperidine rings is 1. The summed E-state index contributed by atoms with van der Waals surface area (Å²) in [6.07, 6.45) is 4.08. The smallest absolute Gasteiger partial charge is 0.222 e. The fraction of sp³-hybridized carbons (Fsp3) is 0.500. The first kappa shape index (κ1) is 11.1. The highest BCUT2D eigenvalue weighted by Gasteiger charge is 2.15. The van der Waals surface area contributed by atoms with E-state index in [1.807, 2.05) is 12.1 Å². The van der Waals surface area contributed by atoms with Crippen molar-refractivity contribution < 1.29 is 4.79 Å². The Bertz CT molecular complexity index is 372. The van der Waals surface area contributed by atoms with Crippen molar-refractivity contribution in [2.24, 2.45) is 0 Å². The molecule has 0 spiro atoms. The molecule has 0 aliphatic carbocycles. The Morgan fingerprint density at radius 3 is 2.94 bits per heavy atom. The molecule has 16 heavy (non-hydrogen) atoms.